The van der Waals surface area contributed by atoms with E-state index < -0.39 is 0 Å². The summed E-state index contributed by atoms with van der Waals surface area (Å²) in [5, 5.41) is 4.58. The number of aryl methyl sites for hydroxylation is 3. The lowest BCUT2D eigenvalue weighted by molar-refractivity contribution is -0.116. The summed E-state index contributed by atoms with van der Waals surface area (Å²) >= 11 is 1.34. The molecule has 1 saturated heterocycles. The third-order valence-electron chi connectivity index (χ3n) is 3.94. The number of aromatic nitrogens is 4. The monoisotopic (exact) mass is 347 g/mol. The van der Waals surface area contributed by atoms with E-state index in [9.17, 15) is 9.59 Å². The van der Waals surface area contributed by atoms with Crippen LogP contribution in [0, 0.1) is 6.92 Å². The Hall–Kier alpha value is -2.09. The number of aromatic amines is 1. The van der Waals surface area contributed by atoms with E-state index in [0.29, 0.717) is 11.7 Å². The van der Waals surface area contributed by atoms with E-state index in [0.717, 1.165) is 36.5 Å². The predicted molar refractivity (Wildman–Crippen MR) is 93.4 cm³/mol. The van der Waals surface area contributed by atoms with E-state index in [4.69, 9.17) is 0 Å². The molecular formula is C16H21N5O2S. The van der Waals surface area contributed by atoms with Gasteiger partial charge in [-0.05, 0) is 19.8 Å². The smallest absolute Gasteiger partial charge is 0.251 e. The zero-order valence-electron chi connectivity index (χ0n) is 14.1. The van der Waals surface area contributed by atoms with Gasteiger partial charge in [-0.25, -0.2) is 4.98 Å². The van der Waals surface area contributed by atoms with Gasteiger partial charge in [0.25, 0.3) is 5.56 Å². The van der Waals surface area contributed by atoms with Crippen molar-refractivity contribution in [2.45, 2.75) is 43.5 Å². The third kappa shape index (κ3) is 3.38. The molecule has 1 aliphatic heterocycles. The predicted octanol–water partition coefficient (Wildman–Crippen LogP) is 1.66. The Kier molecular flexibility index (Phi) is 4.75. The fourth-order valence-electron chi connectivity index (χ4n) is 2.90. The number of rotatable bonds is 5. The molecule has 8 heteroatoms. The average Bonchev–Trinajstić information content (AvgIpc) is 3.02. The van der Waals surface area contributed by atoms with Gasteiger partial charge < -0.3 is 4.98 Å². The van der Waals surface area contributed by atoms with Crippen LogP contribution >= 0.6 is 11.8 Å². The third-order valence-corrected chi connectivity index (χ3v) is 5.08. The maximum atomic E-state index is 12.7. The summed E-state index contributed by atoms with van der Waals surface area (Å²) in [5.74, 6) is 0.841. The summed E-state index contributed by atoms with van der Waals surface area (Å²) in [6.45, 7) is 4.60. The molecule has 3 rings (SSSR count). The topological polar surface area (TPSA) is 83.9 Å². The zero-order chi connectivity index (χ0) is 17.3. The Morgan fingerprint density at radius 1 is 1.38 bits per heavy atom. The summed E-state index contributed by atoms with van der Waals surface area (Å²) < 4.78 is 1.72. The fraction of sp³-hybridized carbons (Fsp3) is 0.500. The number of nitrogens with one attached hydrogen (secondary N) is 1. The Labute approximate surface area is 144 Å². The van der Waals surface area contributed by atoms with E-state index >= 15 is 0 Å². The average molecular weight is 347 g/mol. The highest BCUT2D eigenvalue weighted by atomic mass is 32.2. The number of hydrogen-bond donors (Lipinski definition) is 1. The van der Waals surface area contributed by atoms with Crippen LogP contribution in [0.15, 0.2) is 22.1 Å². The first kappa shape index (κ1) is 16.8. The van der Waals surface area contributed by atoms with Crippen molar-refractivity contribution in [2.75, 3.05) is 11.4 Å². The molecule has 1 amide bonds. The van der Waals surface area contributed by atoms with E-state index in [2.05, 4.69) is 15.1 Å². The van der Waals surface area contributed by atoms with Crippen molar-refractivity contribution in [1.82, 2.24) is 19.7 Å². The van der Waals surface area contributed by atoms with Gasteiger partial charge in [0, 0.05) is 31.4 Å². The summed E-state index contributed by atoms with van der Waals surface area (Å²) in [6, 6.07) is 3.43. The van der Waals surface area contributed by atoms with E-state index in [1.54, 1.807) is 9.58 Å². The molecule has 1 fully saturated rings. The van der Waals surface area contributed by atoms with Gasteiger partial charge in [-0.1, -0.05) is 25.1 Å². The van der Waals surface area contributed by atoms with Crippen LogP contribution in [-0.2, 0) is 18.3 Å². The minimum absolute atomic E-state index is 0.0338. The molecular weight excluding hydrogens is 326 g/mol. The molecule has 0 aromatic carbocycles. The summed E-state index contributed by atoms with van der Waals surface area (Å²) in [6.07, 6.45) is 2.41. The number of carbonyl (C=O) groups excluding carboxylic acids is 1. The van der Waals surface area contributed by atoms with Gasteiger partial charge in [0.15, 0.2) is 5.16 Å². The van der Waals surface area contributed by atoms with Crippen LogP contribution in [0.4, 0.5) is 5.82 Å². The van der Waals surface area contributed by atoms with Crippen molar-refractivity contribution in [3.8, 4) is 0 Å². The van der Waals surface area contributed by atoms with Crippen LogP contribution in [0.1, 0.15) is 31.2 Å². The molecule has 0 saturated carbocycles. The van der Waals surface area contributed by atoms with Crippen LogP contribution in [0.3, 0.4) is 0 Å². The molecule has 0 bridgehead atoms. The summed E-state index contributed by atoms with van der Waals surface area (Å²) in [5.41, 5.74) is 1.49. The number of carbonyl (C=O) groups is 1. The highest BCUT2D eigenvalue weighted by Crippen LogP contribution is 2.31. The number of anilines is 1. The number of thioether (sulfide) groups is 1. The molecule has 128 valence electrons. The lowest BCUT2D eigenvalue weighted by atomic mass is 10.2. The number of amides is 1. The van der Waals surface area contributed by atoms with Gasteiger partial charge in [0.05, 0.1) is 10.9 Å². The second kappa shape index (κ2) is 6.80. The maximum absolute atomic E-state index is 12.7. The van der Waals surface area contributed by atoms with Crippen molar-refractivity contribution < 1.29 is 4.79 Å². The summed E-state index contributed by atoms with van der Waals surface area (Å²) in [7, 11) is 1.84. The van der Waals surface area contributed by atoms with Crippen LogP contribution in [0.5, 0.6) is 0 Å². The highest BCUT2D eigenvalue weighted by molar-refractivity contribution is 8.00. The van der Waals surface area contributed by atoms with E-state index in [1.165, 1.54) is 17.8 Å². The molecule has 0 spiro atoms. The first-order chi connectivity index (χ1) is 11.5. The van der Waals surface area contributed by atoms with Crippen molar-refractivity contribution in [3.63, 3.8) is 0 Å². The molecule has 0 unspecified atom stereocenters. The Balaban J connectivity index is 1.77. The second-order valence-corrected chi connectivity index (χ2v) is 7.14. The number of H-pyrrole nitrogens is 1. The largest absolute Gasteiger partial charge is 0.301 e. The number of hydrogen-bond acceptors (Lipinski definition) is 5. The Bertz CT molecular complexity index is 813. The second-order valence-electron chi connectivity index (χ2n) is 5.94. The van der Waals surface area contributed by atoms with Gasteiger partial charge in [-0.15, -0.1) is 0 Å². The first-order valence-electron chi connectivity index (χ1n) is 8.07. The maximum Gasteiger partial charge on any atom is 0.251 e. The van der Waals surface area contributed by atoms with Crippen LogP contribution in [0.2, 0.25) is 0 Å². The van der Waals surface area contributed by atoms with Crippen molar-refractivity contribution in [1.29, 1.82) is 0 Å². The molecule has 24 heavy (non-hydrogen) atoms. The van der Waals surface area contributed by atoms with Gasteiger partial charge in [-0.3, -0.25) is 19.2 Å². The Morgan fingerprint density at radius 2 is 2.17 bits per heavy atom. The molecule has 0 aliphatic carbocycles. The van der Waals surface area contributed by atoms with Crippen molar-refractivity contribution in [2.24, 2.45) is 7.05 Å². The Morgan fingerprint density at radius 3 is 2.83 bits per heavy atom. The lowest BCUT2D eigenvalue weighted by Gasteiger charge is -2.16. The van der Waals surface area contributed by atoms with Gasteiger partial charge in [0.1, 0.15) is 5.82 Å². The lowest BCUT2D eigenvalue weighted by Crippen LogP contribution is -2.30. The van der Waals surface area contributed by atoms with E-state index in [-0.39, 0.29) is 16.7 Å². The number of nitrogens with zero attached hydrogens (tertiary/aromatic N) is 4. The van der Waals surface area contributed by atoms with Crippen LogP contribution in [-0.4, -0.2) is 37.5 Å². The molecule has 1 atom stereocenters. The molecule has 2 aromatic rings. The van der Waals surface area contributed by atoms with E-state index in [1.807, 2.05) is 27.0 Å². The zero-order valence-corrected chi connectivity index (χ0v) is 14.9. The normalized spacial score (nSPS) is 17.7. The highest BCUT2D eigenvalue weighted by Gasteiger charge is 2.35. The first-order valence-corrected chi connectivity index (χ1v) is 8.95. The summed E-state index contributed by atoms with van der Waals surface area (Å²) in [4.78, 5) is 33.4. The van der Waals surface area contributed by atoms with Crippen molar-refractivity contribution >= 4 is 23.5 Å². The molecule has 0 radical (unpaired) electrons. The minimum Gasteiger partial charge on any atom is -0.301 e. The molecule has 2 aromatic heterocycles. The van der Waals surface area contributed by atoms with Crippen molar-refractivity contribution in [3.05, 3.63) is 33.9 Å². The van der Waals surface area contributed by atoms with Crippen LogP contribution < -0.4 is 10.5 Å². The molecule has 7 nitrogen and oxygen atoms in total. The quantitative estimate of drug-likeness (QED) is 0.832. The SMILES string of the molecule is CCCc1cc(=O)[nH]c(S[C@@H]2CCN(c3cc(C)nn3C)C2=O)n1. The van der Waals surface area contributed by atoms with Gasteiger partial charge in [0.2, 0.25) is 5.91 Å². The van der Waals surface area contributed by atoms with Gasteiger partial charge in [-0.2, -0.15) is 5.10 Å². The minimum atomic E-state index is -0.236. The molecule has 1 N–H and O–H groups in total. The standard InChI is InChI=1S/C16H21N5O2S/c1-4-5-11-9-13(22)18-16(17-11)24-12-6-7-21(15(12)23)14-8-10(2)19-20(14)3/h8-9,12H,4-7H2,1-3H3,(H,17,18,22)/t12-/m1/s1. The van der Waals surface area contributed by atoms with Gasteiger partial charge >= 0.3 is 0 Å². The van der Waals surface area contributed by atoms with Crippen LogP contribution in [0.25, 0.3) is 0 Å². The molecule has 3 heterocycles. The fourth-order valence-corrected chi connectivity index (χ4v) is 3.95. The molecule has 1 aliphatic rings.